The van der Waals surface area contributed by atoms with Crippen molar-refractivity contribution in [1.82, 2.24) is 9.80 Å². The van der Waals surface area contributed by atoms with Crippen LogP contribution in [0.5, 0.6) is 0 Å². The van der Waals surface area contributed by atoms with Crippen molar-refractivity contribution in [3.8, 4) is 0 Å². The van der Waals surface area contributed by atoms with Crippen molar-refractivity contribution in [3.63, 3.8) is 0 Å². The fourth-order valence-electron chi connectivity index (χ4n) is 4.52. The van der Waals surface area contributed by atoms with Crippen molar-refractivity contribution >= 4 is 17.5 Å². The molecule has 1 atom stereocenters. The van der Waals surface area contributed by atoms with E-state index >= 15 is 0 Å². The van der Waals surface area contributed by atoms with Gasteiger partial charge >= 0.3 is 0 Å². The number of hydrogen-bond acceptors (Lipinski definition) is 3. The van der Waals surface area contributed by atoms with Crippen LogP contribution in [0.4, 0.5) is 5.69 Å². The molecule has 2 saturated heterocycles. The van der Waals surface area contributed by atoms with Gasteiger partial charge in [-0.05, 0) is 62.6 Å². The number of benzene rings is 2. The standard InChI is InChI=1S/C25H31N3O2/c1-26(18-15-20-7-3-2-4-8-20)23-9-5-16-27(19-23)25(30)21-11-13-22(14-12-21)28-17-6-10-24(28)29/h2-4,7-8,11-14,23H,5-6,9-10,15-19H2,1H3. The van der Waals surface area contributed by atoms with Gasteiger partial charge in [-0.3, -0.25) is 9.59 Å². The first-order valence-electron chi connectivity index (χ1n) is 11.1. The number of nitrogens with zero attached hydrogens (tertiary/aromatic N) is 3. The monoisotopic (exact) mass is 405 g/mol. The van der Waals surface area contributed by atoms with Crippen LogP contribution in [-0.2, 0) is 11.2 Å². The van der Waals surface area contributed by atoms with Crippen LogP contribution in [0.25, 0.3) is 0 Å². The summed E-state index contributed by atoms with van der Waals surface area (Å²) in [5, 5.41) is 0. The van der Waals surface area contributed by atoms with Gasteiger partial charge in [0.15, 0.2) is 0 Å². The molecule has 1 unspecified atom stereocenters. The molecule has 0 saturated carbocycles. The molecule has 2 aliphatic rings. The molecular weight excluding hydrogens is 374 g/mol. The number of carbonyl (C=O) groups is 2. The van der Waals surface area contributed by atoms with Crippen LogP contribution < -0.4 is 4.90 Å². The highest BCUT2D eigenvalue weighted by Gasteiger charge is 2.27. The van der Waals surface area contributed by atoms with Gasteiger partial charge in [0.2, 0.25) is 5.91 Å². The van der Waals surface area contributed by atoms with Gasteiger partial charge in [0.1, 0.15) is 0 Å². The van der Waals surface area contributed by atoms with E-state index in [0.29, 0.717) is 18.0 Å². The summed E-state index contributed by atoms with van der Waals surface area (Å²) in [7, 11) is 2.17. The summed E-state index contributed by atoms with van der Waals surface area (Å²) in [6.07, 6.45) is 4.72. The SMILES string of the molecule is CN(CCc1ccccc1)C1CCCN(C(=O)c2ccc(N3CCCC3=O)cc2)C1. The molecule has 2 aromatic carbocycles. The molecule has 4 rings (SSSR count). The molecule has 2 aromatic rings. The number of hydrogen-bond donors (Lipinski definition) is 0. The van der Waals surface area contributed by atoms with Gasteiger partial charge in [-0.2, -0.15) is 0 Å². The van der Waals surface area contributed by atoms with Gasteiger partial charge in [-0.1, -0.05) is 30.3 Å². The van der Waals surface area contributed by atoms with Crippen molar-refractivity contribution in [2.24, 2.45) is 0 Å². The van der Waals surface area contributed by atoms with E-state index in [1.54, 1.807) is 0 Å². The molecule has 30 heavy (non-hydrogen) atoms. The fraction of sp³-hybridized carbons (Fsp3) is 0.440. The third kappa shape index (κ3) is 4.73. The van der Waals surface area contributed by atoms with Crippen LogP contribution in [0.1, 0.15) is 41.6 Å². The van der Waals surface area contributed by atoms with E-state index in [4.69, 9.17) is 0 Å². The van der Waals surface area contributed by atoms with Crippen LogP contribution in [0.2, 0.25) is 0 Å². The predicted octanol–water partition coefficient (Wildman–Crippen LogP) is 3.59. The third-order valence-corrected chi connectivity index (χ3v) is 6.40. The lowest BCUT2D eigenvalue weighted by Gasteiger charge is -2.37. The molecule has 0 bridgehead atoms. The van der Waals surface area contributed by atoms with Crippen molar-refractivity contribution in [2.45, 2.75) is 38.1 Å². The van der Waals surface area contributed by atoms with Crippen LogP contribution in [0, 0.1) is 0 Å². The van der Waals surface area contributed by atoms with E-state index in [-0.39, 0.29) is 11.8 Å². The maximum Gasteiger partial charge on any atom is 0.253 e. The Balaban J connectivity index is 1.34. The zero-order valence-corrected chi connectivity index (χ0v) is 17.8. The van der Waals surface area contributed by atoms with Gasteiger partial charge in [-0.25, -0.2) is 0 Å². The smallest absolute Gasteiger partial charge is 0.253 e. The minimum atomic E-state index is 0.0930. The number of likely N-dealkylation sites (N-methyl/N-ethyl adjacent to an activating group) is 1. The lowest BCUT2D eigenvalue weighted by atomic mass is 10.0. The summed E-state index contributed by atoms with van der Waals surface area (Å²) in [4.78, 5) is 31.2. The van der Waals surface area contributed by atoms with Crippen molar-refractivity contribution < 1.29 is 9.59 Å². The van der Waals surface area contributed by atoms with Gasteiger partial charge in [0.05, 0.1) is 0 Å². The number of rotatable bonds is 6. The average Bonchev–Trinajstić information content (AvgIpc) is 3.23. The second-order valence-corrected chi connectivity index (χ2v) is 8.46. The molecule has 0 N–H and O–H groups in total. The van der Waals surface area contributed by atoms with E-state index in [0.717, 1.165) is 57.5 Å². The van der Waals surface area contributed by atoms with Crippen molar-refractivity contribution in [3.05, 3.63) is 65.7 Å². The number of carbonyl (C=O) groups excluding carboxylic acids is 2. The minimum absolute atomic E-state index is 0.0930. The molecule has 2 aliphatic heterocycles. The molecular formula is C25H31N3O2. The maximum absolute atomic E-state index is 13.1. The predicted molar refractivity (Wildman–Crippen MR) is 120 cm³/mol. The quantitative estimate of drug-likeness (QED) is 0.738. The second-order valence-electron chi connectivity index (χ2n) is 8.46. The molecule has 0 aromatic heterocycles. The Kier molecular flexibility index (Phi) is 6.48. The summed E-state index contributed by atoms with van der Waals surface area (Å²) in [6, 6.07) is 18.5. The van der Waals surface area contributed by atoms with Crippen molar-refractivity contribution in [1.29, 1.82) is 0 Å². The lowest BCUT2D eigenvalue weighted by molar-refractivity contribution is -0.117. The molecule has 158 valence electrons. The topological polar surface area (TPSA) is 43.9 Å². The number of likely N-dealkylation sites (tertiary alicyclic amines) is 1. The molecule has 0 spiro atoms. The molecule has 5 nitrogen and oxygen atoms in total. The Morgan fingerprint density at radius 2 is 1.80 bits per heavy atom. The summed E-state index contributed by atoms with van der Waals surface area (Å²) in [5.74, 6) is 0.266. The van der Waals surface area contributed by atoms with E-state index in [2.05, 4.69) is 36.2 Å². The Hall–Kier alpha value is -2.66. The Morgan fingerprint density at radius 3 is 2.50 bits per heavy atom. The highest BCUT2D eigenvalue weighted by atomic mass is 16.2. The molecule has 0 radical (unpaired) electrons. The number of anilines is 1. The molecule has 2 fully saturated rings. The number of amides is 2. The van der Waals surface area contributed by atoms with Gasteiger partial charge in [-0.15, -0.1) is 0 Å². The lowest BCUT2D eigenvalue weighted by Crippen LogP contribution is -2.49. The average molecular weight is 406 g/mol. The first kappa shape index (κ1) is 20.6. The van der Waals surface area contributed by atoms with E-state index in [1.165, 1.54) is 5.56 Å². The van der Waals surface area contributed by atoms with Crippen LogP contribution in [-0.4, -0.2) is 60.9 Å². The van der Waals surface area contributed by atoms with E-state index in [1.807, 2.05) is 40.1 Å². The van der Waals surface area contributed by atoms with Crippen LogP contribution in [0.3, 0.4) is 0 Å². The summed E-state index contributed by atoms with van der Waals surface area (Å²) >= 11 is 0. The molecule has 2 amide bonds. The first-order chi connectivity index (χ1) is 14.6. The first-order valence-corrected chi connectivity index (χ1v) is 11.1. The zero-order valence-electron chi connectivity index (χ0n) is 17.8. The van der Waals surface area contributed by atoms with E-state index in [9.17, 15) is 9.59 Å². The zero-order chi connectivity index (χ0) is 20.9. The molecule has 0 aliphatic carbocycles. The third-order valence-electron chi connectivity index (χ3n) is 6.40. The number of piperidine rings is 1. The minimum Gasteiger partial charge on any atom is -0.337 e. The Morgan fingerprint density at radius 1 is 1.03 bits per heavy atom. The van der Waals surface area contributed by atoms with Crippen LogP contribution >= 0.6 is 0 Å². The Labute approximate surface area is 179 Å². The van der Waals surface area contributed by atoms with E-state index < -0.39 is 0 Å². The largest absolute Gasteiger partial charge is 0.337 e. The summed E-state index contributed by atoms with van der Waals surface area (Å²) in [5.41, 5.74) is 2.95. The van der Waals surface area contributed by atoms with Crippen LogP contribution in [0.15, 0.2) is 54.6 Å². The highest BCUT2D eigenvalue weighted by Crippen LogP contribution is 2.23. The normalized spacial score (nSPS) is 19.5. The molecule has 2 heterocycles. The summed E-state index contributed by atoms with van der Waals surface area (Å²) < 4.78 is 0. The van der Waals surface area contributed by atoms with Gasteiger partial charge in [0, 0.05) is 49.9 Å². The van der Waals surface area contributed by atoms with Crippen molar-refractivity contribution in [2.75, 3.05) is 38.1 Å². The Bertz CT molecular complexity index is 866. The van der Waals surface area contributed by atoms with Gasteiger partial charge < -0.3 is 14.7 Å². The molecule has 5 heteroatoms. The highest BCUT2D eigenvalue weighted by molar-refractivity contribution is 5.97. The maximum atomic E-state index is 13.1. The fourth-order valence-corrected chi connectivity index (χ4v) is 4.52. The summed E-state index contributed by atoms with van der Waals surface area (Å²) in [6.45, 7) is 3.36. The second kappa shape index (κ2) is 9.43. The van der Waals surface area contributed by atoms with Gasteiger partial charge in [0.25, 0.3) is 5.91 Å².